The van der Waals surface area contributed by atoms with E-state index in [2.05, 4.69) is 20.8 Å². The third kappa shape index (κ3) is 4.44. The van der Waals surface area contributed by atoms with Gasteiger partial charge in [-0.25, -0.2) is 0 Å². The van der Waals surface area contributed by atoms with Gasteiger partial charge in [0.05, 0.1) is 11.6 Å². The molecule has 2 atom stereocenters. The summed E-state index contributed by atoms with van der Waals surface area (Å²) >= 11 is 0. The first-order valence-electron chi connectivity index (χ1n) is 12.9. The molecule has 6 nitrogen and oxygen atoms in total. The second-order valence-corrected chi connectivity index (χ2v) is 11.4. The quantitative estimate of drug-likeness (QED) is 0.265. The van der Waals surface area contributed by atoms with E-state index in [0.717, 1.165) is 34.5 Å². The lowest BCUT2D eigenvalue weighted by Crippen LogP contribution is -2.29. The van der Waals surface area contributed by atoms with Crippen molar-refractivity contribution in [2.75, 3.05) is 23.9 Å². The van der Waals surface area contributed by atoms with E-state index in [-0.39, 0.29) is 22.9 Å². The van der Waals surface area contributed by atoms with Crippen LogP contribution in [0.1, 0.15) is 56.0 Å². The predicted octanol–water partition coefficient (Wildman–Crippen LogP) is 6.00. The molecule has 196 valence electrons. The Labute approximate surface area is 224 Å². The maximum absolute atomic E-state index is 13.5. The molecule has 1 N–H and O–H groups in total. The van der Waals surface area contributed by atoms with Crippen molar-refractivity contribution in [1.29, 1.82) is 0 Å². The highest BCUT2D eigenvalue weighted by atomic mass is 16.5. The third-order valence-electron chi connectivity index (χ3n) is 7.35. The average Bonchev–Trinajstić information content (AvgIpc) is 3.38. The first kappa shape index (κ1) is 25.6. The molecule has 2 unspecified atom stereocenters. The Morgan fingerprint density at radius 2 is 1.63 bits per heavy atom. The number of ether oxygens (including phenoxy) is 1. The van der Waals surface area contributed by atoms with Gasteiger partial charge in [-0.3, -0.25) is 14.5 Å². The van der Waals surface area contributed by atoms with Crippen molar-refractivity contribution in [2.24, 2.45) is 0 Å². The Morgan fingerprint density at radius 3 is 2.24 bits per heavy atom. The molecule has 0 spiro atoms. The number of fused-ring (bicyclic) bond motifs is 1. The van der Waals surface area contributed by atoms with Crippen LogP contribution in [0.25, 0.3) is 5.76 Å². The maximum Gasteiger partial charge on any atom is 0.300 e. The number of amides is 1. The van der Waals surface area contributed by atoms with Gasteiger partial charge < -0.3 is 14.7 Å². The highest BCUT2D eigenvalue weighted by Crippen LogP contribution is 2.43. The number of anilines is 2. The second kappa shape index (κ2) is 9.35. The summed E-state index contributed by atoms with van der Waals surface area (Å²) in [6, 6.07) is 20.1. The molecule has 0 aromatic heterocycles. The lowest BCUT2D eigenvalue weighted by molar-refractivity contribution is -0.132. The number of carbonyl (C=O) groups excluding carboxylic acids is 2. The summed E-state index contributed by atoms with van der Waals surface area (Å²) in [7, 11) is 3.89. The van der Waals surface area contributed by atoms with Gasteiger partial charge in [-0.05, 0) is 71.5 Å². The van der Waals surface area contributed by atoms with Gasteiger partial charge in [-0.2, -0.15) is 0 Å². The number of hydrogen-bond acceptors (Lipinski definition) is 5. The van der Waals surface area contributed by atoms with Crippen molar-refractivity contribution >= 4 is 28.8 Å². The minimum absolute atomic E-state index is 0.0496. The van der Waals surface area contributed by atoms with Gasteiger partial charge in [-0.15, -0.1) is 0 Å². The normalized spacial score (nSPS) is 20.4. The highest BCUT2D eigenvalue weighted by molar-refractivity contribution is 6.51. The van der Waals surface area contributed by atoms with Gasteiger partial charge in [0, 0.05) is 37.5 Å². The molecule has 0 radical (unpaired) electrons. The first-order chi connectivity index (χ1) is 18.0. The van der Waals surface area contributed by atoms with Crippen molar-refractivity contribution in [2.45, 2.75) is 51.7 Å². The SMILES string of the molecule is CC1Cc2cc(/C(O)=C3/C(=O)C(=O)N(c4ccc(N(C)C)cc4)C3c3ccc(C(C)(C)C)cc3)ccc2O1. The van der Waals surface area contributed by atoms with Crippen molar-refractivity contribution in [1.82, 2.24) is 0 Å². The van der Waals surface area contributed by atoms with Gasteiger partial charge >= 0.3 is 0 Å². The molecule has 1 saturated heterocycles. The number of ketones is 1. The maximum atomic E-state index is 13.5. The second-order valence-electron chi connectivity index (χ2n) is 11.4. The number of hydrogen-bond donors (Lipinski definition) is 1. The molecule has 3 aromatic rings. The van der Waals surface area contributed by atoms with E-state index in [9.17, 15) is 14.7 Å². The summed E-state index contributed by atoms with van der Waals surface area (Å²) in [5, 5.41) is 11.5. The summed E-state index contributed by atoms with van der Waals surface area (Å²) in [6.07, 6.45) is 0.778. The van der Waals surface area contributed by atoms with Crippen LogP contribution in [0.15, 0.2) is 72.3 Å². The minimum atomic E-state index is -0.766. The van der Waals surface area contributed by atoms with Gasteiger partial charge in [-0.1, -0.05) is 45.0 Å². The Balaban J connectivity index is 1.66. The molecule has 38 heavy (non-hydrogen) atoms. The average molecular weight is 511 g/mol. The van der Waals surface area contributed by atoms with E-state index in [0.29, 0.717) is 11.3 Å². The summed E-state index contributed by atoms with van der Waals surface area (Å²) < 4.78 is 5.81. The number of carbonyl (C=O) groups is 2. The highest BCUT2D eigenvalue weighted by Gasteiger charge is 2.47. The Hall–Kier alpha value is -4.06. The number of aliphatic hydroxyl groups is 1. The molecular weight excluding hydrogens is 476 g/mol. The lowest BCUT2D eigenvalue weighted by atomic mass is 9.85. The standard InChI is InChI=1S/C32H34N2O4/c1-19-17-22-18-21(9-16-26(22)38-19)29(35)27-28(20-7-10-23(11-8-20)32(2,3)4)34(31(37)30(27)36)25-14-12-24(13-15-25)33(5)6/h7-16,18-19,28,35H,17H2,1-6H3/b29-27-. The smallest absolute Gasteiger partial charge is 0.300 e. The van der Waals surface area contributed by atoms with Crippen LogP contribution in [0.2, 0.25) is 0 Å². The molecule has 2 aliphatic heterocycles. The van der Waals surface area contributed by atoms with Crippen LogP contribution in [-0.4, -0.2) is 37.0 Å². The fourth-order valence-corrected chi connectivity index (χ4v) is 5.22. The van der Waals surface area contributed by atoms with Crippen LogP contribution < -0.4 is 14.5 Å². The number of nitrogens with zero attached hydrogens (tertiary/aromatic N) is 2. The molecule has 0 aliphatic carbocycles. The molecule has 1 amide bonds. The summed E-state index contributed by atoms with van der Waals surface area (Å²) in [6.45, 7) is 8.41. The predicted molar refractivity (Wildman–Crippen MR) is 151 cm³/mol. The van der Waals surface area contributed by atoms with Crippen molar-refractivity contribution < 1.29 is 19.4 Å². The third-order valence-corrected chi connectivity index (χ3v) is 7.35. The Kier molecular flexibility index (Phi) is 6.30. The van der Waals surface area contributed by atoms with Crippen LogP contribution in [0.4, 0.5) is 11.4 Å². The fourth-order valence-electron chi connectivity index (χ4n) is 5.22. The van der Waals surface area contributed by atoms with Crippen LogP contribution in [0.5, 0.6) is 5.75 Å². The Morgan fingerprint density at radius 1 is 0.974 bits per heavy atom. The zero-order valence-electron chi connectivity index (χ0n) is 22.8. The van der Waals surface area contributed by atoms with Crippen LogP contribution >= 0.6 is 0 Å². The van der Waals surface area contributed by atoms with Crippen molar-refractivity contribution in [3.63, 3.8) is 0 Å². The van der Waals surface area contributed by atoms with Crippen LogP contribution in [-0.2, 0) is 21.4 Å². The van der Waals surface area contributed by atoms with Gasteiger partial charge in [0.25, 0.3) is 11.7 Å². The molecule has 2 aliphatic rings. The van der Waals surface area contributed by atoms with Crippen LogP contribution in [0.3, 0.4) is 0 Å². The lowest BCUT2D eigenvalue weighted by Gasteiger charge is -2.27. The molecular formula is C32H34N2O4. The molecule has 2 heterocycles. The minimum Gasteiger partial charge on any atom is -0.507 e. The van der Waals surface area contributed by atoms with E-state index in [4.69, 9.17) is 4.74 Å². The first-order valence-corrected chi connectivity index (χ1v) is 12.9. The molecule has 1 fully saturated rings. The van der Waals surface area contributed by atoms with Crippen molar-refractivity contribution in [3.8, 4) is 5.75 Å². The molecule has 0 saturated carbocycles. The number of aliphatic hydroxyl groups excluding tert-OH is 1. The van der Waals surface area contributed by atoms with Gasteiger partial charge in [0.1, 0.15) is 17.6 Å². The van der Waals surface area contributed by atoms with Crippen molar-refractivity contribution in [3.05, 3.63) is 94.6 Å². The summed E-state index contributed by atoms with van der Waals surface area (Å²) in [4.78, 5) is 30.5. The largest absolute Gasteiger partial charge is 0.507 e. The van der Waals surface area contributed by atoms with Gasteiger partial charge in [0.2, 0.25) is 0 Å². The van der Waals surface area contributed by atoms with E-state index in [1.807, 2.05) is 86.6 Å². The topological polar surface area (TPSA) is 70.1 Å². The zero-order valence-corrected chi connectivity index (χ0v) is 22.8. The summed E-state index contributed by atoms with van der Waals surface area (Å²) in [5.41, 5.74) is 4.98. The fraction of sp³-hybridized carbons (Fsp3) is 0.312. The van der Waals surface area contributed by atoms with E-state index in [1.54, 1.807) is 6.07 Å². The summed E-state index contributed by atoms with van der Waals surface area (Å²) in [5.74, 6) is -0.755. The van der Waals surface area contributed by atoms with E-state index >= 15 is 0 Å². The Bertz CT molecular complexity index is 1430. The molecule has 6 heteroatoms. The molecule has 0 bridgehead atoms. The number of benzene rings is 3. The monoisotopic (exact) mass is 510 g/mol. The van der Waals surface area contributed by atoms with Gasteiger partial charge in [0.15, 0.2) is 0 Å². The molecule has 5 rings (SSSR count). The van der Waals surface area contributed by atoms with E-state index < -0.39 is 17.7 Å². The number of rotatable bonds is 4. The molecule has 3 aromatic carbocycles. The van der Waals surface area contributed by atoms with E-state index in [1.165, 1.54) is 4.90 Å². The number of Topliss-reactive ketones (excluding diaryl/α,β-unsaturated/α-hetero) is 1. The zero-order chi connectivity index (χ0) is 27.4. The van der Waals surface area contributed by atoms with Crippen LogP contribution in [0, 0.1) is 0 Å².